The van der Waals surface area contributed by atoms with Crippen LogP contribution < -0.4 is 10.5 Å². The normalized spacial score (nSPS) is 12.4. The Morgan fingerprint density at radius 3 is 2.94 bits per heavy atom. The number of rotatable bonds is 4. The number of aromatic nitrogens is 1. The van der Waals surface area contributed by atoms with E-state index in [2.05, 4.69) is 4.98 Å². The summed E-state index contributed by atoms with van der Waals surface area (Å²) in [5.74, 6) is -0.166. The predicted octanol–water partition coefficient (Wildman–Crippen LogP) is 2.88. The molecule has 2 rings (SSSR count). The third kappa shape index (κ3) is 3.01. The zero-order chi connectivity index (χ0) is 12.3. The van der Waals surface area contributed by atoms with Crippen LogP contribution in [0, 0.1) is 5.82 Å². The van der Waals surface area contributed by atoms with Crippen LogP contribution in [-0.2, 0) is 6.61 Å². The van der Waals surface area contributed by atoms with Gasteiger partial charge in [-0.1, -0.05) is 6.07 Å². The van der Waals surface area contributed by atoms with E-state index in [0.717, 1.165) is 10.6 Å². The molecule has 0 aliphatic carbocycles. The summed E-state index contributed by atoms with van der Waals surface area (Å²) < 4.78 is 19.0. The van der Waals surface area contributed by atoms with Crippen molar-refractivity contribution in [3.63, 3.8) is 0 Å². The molecule has 0 amide bonds. The number of ether oxygens (including phenoxy) is 1. The van der Waals surface area contributed by atoms with Gasteiger partial charge in [0.25, 0.3) is 0 Å². The van der Waals surface area contributed by atoms with Gasteiger partial charge in [-0.15, -0.1) is 11.3 Å². The summed E-state index contributed by atoms with van der Waals surface area (Å²) in [6.45, 7) is 2.09. The quantitative estimate of drug-likeness (QED) is 0.910. The van der Waals surface area contributed by atoms with Crippen LogP contribution in [0.25, 0.3) is 0 Å². The van der Waals surface area contributed by atoms with Crippen molar-refractivity contribution >= 4 is 11.3 Å². The van der Waals surface area contributed by atoms with E-state index < -0.39 is 5.82 Å². The highest BCUT2D eigenvalue weighted by Crippen LogP contribution is 2.22. The predicted molar refractivity (Wildman–Crippen MR) is 65.4 cm³/mol. The minimum absolute atomic E-state index is 0.183. The van der Waals surface area contributed by atoms with Crippen molar-refractivity contribution in [2.45, 2.75) is 19.6 Å². The van der Waals surface area contributed by atoms with E-state index in [-0.39, 0.29) is 18.4 Å². The first-order valence-corrected chi connectivity index (χ1v) is 6.11. The van der Waals surface area contributed by atoms with Crippen molar-refractivity contribution in [1.82, 2.24) is 4.98 Å². The van der Waals surface area contributed by atoms with E-state index in [1.54, 1.807) is 18.3 Å². The Kier molecular flexibility index (Phi) is 3.71. The van der Waals surface area contributed by atoms with E-state index >= 15 is 0 Å². The molecule has 0 saturated carbocycles. The first kappa shape index (κ1) is 12.0. The van der Waals surface area contributed by atoms with Gasteiger partial charge in [-0.3, -0.25) is 0 Å². The largest absolute Gasteiger partial charge is 0.483 e. The molecule has 3 nitrogen and oxygen atoms in total. The number of nitrogens with zero attached hydrogens (tertiary/aromatic N) is 1. The van der Waals surface area contributed by atoms with Gasteiger partial charge in [0.05, 0.1) is 0 Å². The van der Waals surface area contributed by atoms with Gasteiger partial charge < -0.3 is 10.5 Å². The van der Waals surface area contributed by atoms with E-state index in [0.29, 0.717) is 0 Å². The van der Waals surface area contributed by atoms with Crippen LogP contribution in [0.15, 0.2) is 29.8 Å². The summed E-state index contributed by atoms with van der Waals surface area (Å²) in [5, 5.41) is 2.68. The van der Waals surface area contributed by atoms with Crippen LogP contribution >= 0.6 is 11.3 Å². The Morgan fingerprint density at radius 1 is 1.53 bits per heavy atom. The highest BCUT2D eigenvalue weighted by molar-refractivity contribution is 7.09. The van der Waals surface area contributed by atoms with Crippen molar-refractivity contribution in [1.29, 1.82) is 0 Å². The van der Waals surface area contributed by atoms with Gasteiger partial charge >= 0.3 is 0 Å². The molecule has 1 aromatic carbocycles. The van der Waals surface area contributed by atoms with Gasteiger partial charge in [-0.25, -0.2) is 9.37 Å². The van der Waals surface area contributed by atoms with Crippen LogP contribution in [0.1, 0.15) is 23.5 Å². The molecule has 1 atom stereocenters. The zero-order valence-corrected chi connectivity index (χ0v) is 10.2. The van der Waals surface area contributed by atoms with Gasteiger partial charge in [0.2, 0.25) is 0 Å². The third-order valence-electron chi connectivity index (χ3n) is 2.32. The first-order valence-electron chi connectivity index (χ1n) is 5.23. The van der Waals surface area contributed by atoms with E-state index in [4.69, 9.17) is 10.5 Å². The number of hydrogen-bond acceptors (Lipinski definition) is 4. The van der Waals surface area contributed by atoms with Crippen molar-refractivity contribution in [3.8, 4) is 5.75 Å². The summed E-state index contributed by atoms with van der Waals surface area (Å²) in [7, 11) is 0. The molecule has 2 N–H and O–H groups in total. The maximum Gasteiger partial charge on any atom is 0.165 e. The lowest BCUT2D eigenvalue weighted by Crippen LogP contribution is -2.06. The fourth-order valence-electron chi connectivity index (χ4n) is 1.38. The van der Waals surface area contributed by atoms with Crippen molar-refractivity contribution in [3.05, 3.63) is 46.2 Å². The summed E-state index contributed by atoms with van der Waals surface area (Å²) in [6, 6.07) is 4.59. The average Bonchev–Trinajstić information content (AvgIpc) is 2.80. The Bertz CT molecular complexity index is 485. The topological polar surface area (TPSA) is 48.1 Å². The van der Waals surface area contributed by atoms with Crippen molar-refractivity contribution < 1.29 is 9.13 Å². The zero-order valence-electron chi connectivity index (χ0n) is 9.39. The maximum absolute atomic E-state index is 13.6. The van der Waals surface area contributed by atoms with Crippen molar-refractivity contribution in [2.24, 2.45) is 5.73 Å². The Labute approximate surface area is 103 Å². The maximum atomic E-state index is 13.6. The lowest BCUT2D eigenvalue weighted by atomic mass is 10.1. The number of hydrogen-bond donors (Lipinski definition) is 1. The van der Waals surface area contributed by atoms with Gasteiger partial charge in [0.1, 0.15) is 11.6 Å². The molecule has 0 unspecified atom stereocenters. The highest BCUT2D eigenvalue weighted by Gasteiger charge is 2.07. The lowest BCUT2D eigenvalue weighted by Gasteiger charge is -2.09. The second-order valence-corrected chi connectivity index (χ2v) is 4.67. The molecule has 17 heavy (non-hydrogen) atoms. The van der Waals surface area contributed by atoms with Gasteiger partial charge in [0.15, 0.2) is 11.6 Å². The van der Waals surface area contributed by atoms with Gasteiger partial charge in [-0.2, -0.15) is 0 Å². The monoisotopic (exact) mass is 252 g/mol. The molecule has 0 aliphatic heterocycles. The Morgan fingerprint density at radius 2 is 2.35 bits per heavy atom. The van der Waals surface area contributed by atoms with E-state index in [1.807, 2.05) is 12.3 Å². The first-order chi connectivity index (χ1) is 8.16. The summed E-state index contributed by atoms with van der Waals surface area (Å²) in [5.41, 5.74) is 6.42. The number of benzene rings is 1. The second kappa shape index (κ2) is 5.25. The van der Waals surface area contributed by atoms with Crippen LogP contribution in [0.5, 0.6) is 5.75 Å². The van der Waals surface area contributed by atoms with Gasteiger partial charge in [-0.05, 0) is 24.6 Å². The second-order valence-electron chi connectivity index (χ2n) is 3.69. The molecule has 1 aromatic heterocycles. The van der Waals surface area contributed by atoms with Crippen molar-refractivity contribution in [2.75, 3.05) is 0 Å². The summed E-state index contributed by atoms with van der Waals surface area (Å²) in [4.78, 5) is 4.06. The fourth-order valence-corrected chi connectivity index (χ4v) is 1.91. The molecular formula is C12H13FN2OS. The minimum atomic E-state index is -0.392. The number of halogens is 1. The van der Waals surface area contributed by atoms with Crippen LogP contribution in [0.4, 0.5) is 4.39 Å². The highest BCUT2D eigenvalue weighted by atomic mass is 32.1. The Balaban J connectivity index is 2.06. The molecule has 0 spiro atoms. The van der Waals surface area contributed by atoms with Crippen LogP contribution in [0.3, 0.4) is 0 Å². The van der Waals surface area contributed by atoms with Crippen LogP contribution in [-0.4, -0.2) is 4.98 Å². The molecule has 2 aromatic rings. The molecule has 5 heteroatoms. The summed E-state index contributed by atoms with van der Waals surface area (Å²) in [6.07, 6.45) is 1.69. The molecule has 0 saturated heterocycles. The fraction of sp³-hybridized carbons (Fsp3) is 0.250. The molecular weight excluding hydrogens is 239 g/mol. The lowest BCUT2D eigenvalue weighted by molar-refractivity contribution is 0.289. The Hall–Kier alpha value is -1.46. The average molecular weight is 252 g/mol. The molecule has 0 radical (unpaired) electrons. The molecule has 0 bridgehead atoms. The smallest absolute Gasteiger partial charge is 0.165 e. The molecule has 0 fully saturated rings. The van der Waals surface area contributed by atoms with Gasteiger partial charge in [0, 0.05) is 17.6 Å². The third-order valence-corrected chi connectivity index (χ3v) is 3.07. The SMILES string of the molecule is C[C@@H](N)c1ccc(OCc2nccs2)c(F)c1. The standard InChI is InChI=1S/C12H13FN2OS/c1-8(14)9-2-3-11(10(13)6-9)16-7-12-15-4-5-17-12/h2-6,8H,7,14H2,1H3/t8-/m1/s1. The van der Waals surface area contributed by atoms with Crippen LogP contribution in [0.2, 0.25) is 0 Å². The molecule has 90 valence electrons. The van der Waals surface area contributed by atoms with E-state index in [9.17, 15) is 4.39 Å². The number of thiazole rings is 1. The molecule has 1 heterocycles. The number of nitrogens with two attached hydrogens (primary N) is 1. The van der Waals surface area contributed by atoms with E-state index in [1.165, 1.54) is 17.4 Å². The minimum Gasteiger partial charge on any atom is -0.483 e. The summed E-state index contributed by atoms with van der Waals surface area (Å²) >= 11 is 1.48. The molecule has 0 aliphatic rings.